The third kappa shape index (κ3) is 4.29. The SMILES string of the molecule is CC(C)CNC(=O)N1CCC[C@H](C(=O)N2CC(=O)N(C)[C@@H]2c2ccccc2)C1. The van der Waals surface area contributed by atoms with Gasteiger partial charge in [0.25, 0.3) is 0 Å². The fraction of sp³-hybridized carbons (Fsp3) is 0.571. The Kier molecular flexibility index (Phi) is 6.21. The van der Waals surface area contributed by atoms with Gasteiger partial charge in [0.2, 0.25) is 11.8 Å². The second-order valence-corrected chi connectivity index (χ2v) is 8.12. The van der Waals surface area contributed by atoms with Crippen molar-refractivity contribution in [3.8, 4) is 0 Å². The van der Waals surface area contributed by atoms with Gasteiger partial charge in [0.1, 0.15) is 12.7 Å². The van der Waals surface area contributed by atoms with Crippen molar-refractivity contribution in [3.63, 3.8) is 0 Å². The molecule has 2 atom stereocenters. The summed E-state index contributed by atoms with van der Waals surface area (Å²) in [4.78, 5) is 43.1. The van der Waals surface area contributed by atoms with E-state index in [1.165, 1.54) is 0 Å². The molecule has 0 aliphatic carbocycles. The molecular weight excluding hydrogens is 356 g/mol. The van der Waals surface area contributed by atoms with Crippen LogP contribution in [0.1, 0.15) is 38.4 Å². The highest BCUT2D eigenvalue weighted by molar-refractivity contribution is 5.90. The third-order valence-electron chi connectivity index (χ3n) is 5.46. The summed E-state index contributed by atoms with van der Waals surface area (Å²) in [7, 11) is 1.74. The first-order valence-electron chi connectivity index (χ1n) is 10.0. The van der Waals surface area contributed by atoms with Crippen LogP contribution in [-0.2, 0) is 9.59 Å². The lowest BCUT2D eigenvalue weighted by molar-refractivity contribution is -0.139. The molecule has 7 heteroatoms. The second kappa shape index (κ2) is 8.63. The molecule has 28 heavy (non-hydrogen) atoms. The Bertz CT molecular complexity index is 722. The number of hydrogen-bond acceptors (Lipinski definition) is 3. The van der Waals surface area contributed by atoms with E-state index in [9.17, 15) is 14.4 Å². The van der Waals surface area contributed by atoms with Gasteiger partial charge in [0.05, 0.1) is 5.92 Å². The fourth-order valence-electron chi connectivity index (χ4n) is 3.92. The summed E-state index contributed by atoms with van der Waals surface area (Å²) in [5, 5.41) is 2.93. The minimum absolute atomic E-state index is 0.0482. The number of piperidine rings is 1. The maximum absolute atomic E-state index is 13.3. The van der Waals surface area contributed by atoms with Crippen LogP contribution in [0.5, 0.6) is 0 Å². The third-order valence-corrected chi connectivity index (χ3v) is 5.46. The van der Waals surface area contributed by atoms with E-state index in [1.807, 2.05) is 44.2 Å². The van der Waals surface area contributed by atoms with E-state index in [4.69, 9.17) is 0 Å². The van der Waals surface area contributed by atoms with E-state index < -0.39 is 0 Å². The largest absolute Gasteiger partial charge is 0.338 e. The lowest BCUT2D eigenvalue weighted by atomic mass is 9.96. The van der Waals surface area contributed by atoms with Gasteiger partial charge in [0.15, 0.2) is 0 Å². The van der Waals surface area contributed by atoms with Crippen LogP contribution in [-0.4, -0.2) is 65.8 Å². The molecule has 1 aromatic rings. The first-order valence-corrected chi connectivity index (χ1v) is 10.0. The monoisotopic (exact) mass is 386 g/mol. The number of carbonyl (C=O) groups is 3. The molecule has 7 nitrogen and oxygen atoms in total. The Balaban J connectivity index is 1.71. The van der Waals surface area contributed by atoms with Crippen molar-refractivity contribution in [2.75, 3.05) is 33.2 Å². The normalized spacial score (nSPS) is 22.7. The minimum atomic E-state index is -0.383. The highest BCUT2D eigenvalue weighted by atomic mass is 16.2. The zero-order valence-electron chi connectivity index (χ0n) is 16.9. The molecule has 4 amide bonds. The Morgan fingerprint density at radius 1 is 1.21 bits per heavy atom. The van der Waals surface area contributed by atoms with Crippen LogP contribution >= 0.6 is 0 Å². The number of benzene rings is 1. The van der Waals surface area contributed by atoms with Gasteiger partial charge < -0.3 is 20.0 Å². The van der Waals surface area contributed by atoms with Crippen LogP contribution in [0.3, 0.4) is 0 Å². The van der Waals surface area contributed by atoms with Gasteiger partial charge in [0, 0.05) is 26.7 Å². The van der Waals surface area contributed by atoms with Crippen molar-refractivity contribution in [2.45, 2.75) is 32.9 Å². The van der Waals surface area contributed by atoms with E-state index in [0.29, 0.717) is 25.6 Å². The lowest BCUT2D eigenvalue weighted by Gasteiger charge is -2.36. The summed E-state index contributed by atoms with van der Waals surface area (Å²) in [6, 6.07) is 9.51. The van der Waals surface area contributed by atoms with Gasteiger partial charge in [-0.25, -0.2) is 4.79 Å². The summed E-state index contributed by atoms with van der Waals surface area (Å²) in [6.07, 6.45) is 1.15. The van der Waals surface area contributed by atoms with Crippen LogP contribution in [0.4, 0.5) is 4.79 Å². The summed E-state index contributed by atoms with van der Waals surface area (Å²) in [6.45, 7) is 5.87. The maximum atomic E-state index is 13.3. The number of urea groups is 1. The van der Waals surface area contributed by atoms with E-state index in [0.717, 1.165) is 18.4 Å². The Hall–Kier alpha value is -2.57. The van der Waals surface area contributed by atoms with Gasteiger partial charge in [-0.15, -0.1) is 0 Å². The first-order chi connectivity index (χ1) is 13.4. The predicted octanol–water partition coefficient (Wildman–Crippen LogP) is 2.06. The van der Waals surface area contributed by atoms with Crippen LogP contribution in [0.25, 0.3) is 0 Å². The van der Waals surface area contributed by atoms with E-state index in [2.05, 4.69) is 5.32 Å². The molecule has 152 valence electrons. The number of likely N-dealkylation sites (tertiary alicyclic amines) is 1. The molecule has 1 N–H and O–H groups in total. The molecule has 2 aliphatic heterocycles. The van der Waals surface area contributed by atoms with Gasteiger partial charge in [-0.05, 0) is 24.3 Å². The number of nitrogens with one attached hydrogen (secondary N) is 1. The van der Waals surface area contributed by atoms with Gasteiger partial charge in [-0.1, -0.05) is 44.2 Å². The molecule has 0 radical (unpaired) electrons. The van der Waals surface area contributed by atoms with Crippen LogP contribution in [0.15, 0.2) is 30.3 Å². The molecule has 0 aromatic heterocycles. The quantitative estimate of drug-likeness (QED) is 0.861. The van der Waals surface area contributed by atoms with Crippen molar-refractivity contribution in [1.29, 1.82) is 0 Å². The van der Waals surface area contributed by atoms with Crippen LogP contribution < -0.4 is 5.32 Å². The molecule has 3 rings (SSSR count). The molecule has 2 heterocycles. The predicted molar refractivity (Wildman–Crippen MR) is 106 cm³/mol. The highest BCUT2D eigenvalue weighted by Gasteiger charge is 2.42. The Labute approximate surface area is 166 Å². The standard InChI is InChI=1S/C21H30N4O3/c1-15(2)12-22-21(28)24-11-7-10-17(13-24)20(27)25-14-18(26)23(3)19(25)16-8-5-4-6-9-16/h4-6,8-9,15,17,19H,7,10-14H2,1-3H3,(H,22,28)/t17-,19-/m0/s1. The Morgan fingerprint density at radius 2 is 1.93 bits per heavy atom. The van der Waals surface area contributed by atoms with E-state index in [-0.39, 0.29) is 36.5 Å². The highest BCUT2D eigenvalue weighted by Crippen LogP contribution is 2.32. The van der Waals surface area contributed by atoms with Crippen molar-refractivity contribution < 1.29 is 14.4 Å². The van der Waals surface area contributed by atoms with Gasteiger partial charge in [-0.2, -0.15) is 0 Å². The van der Waals surface area contributed by atoms with Crippen molar-refractivity contribution in [2.24, 2.45) is 11.8 Å². The number of hydrogen-bond donors (Lipinski definition) is 1. The topological polar surface area (TPSA) is 73.0 Å². The molecule has 2 fully saturated rings. The molecule has 0 saturated carbocycles. The lowest BCUT2D eigenvalue weighted by Crippen LogP contribution is -2.50. The molecule has 1 aromatic carbocycles. The van der Waals surface area contributed by atoms with E-state index >= 15 is 0 Å². The van der Waals surface area contributed by atoms with Crippen molar-refractivity contribution >= 4 is 17.8 Å². The van der Waals surface area contributed by atoms with Gasteiger partial charge >= 0.3 is 6.03 Å². The molecule has 0 bridgehead atoms. The number of amides is 4. The average Bonchev–Trinajstić information content (AvgIpc) is 3.00. The smallest absolute Gasteiger partial charge is 0.317 e. The summed E-state index contributed by atoms with van der Waals surface area (Å²) in [5.41, 5.74) is 0.923. The number of carbonyl (C=O) groups excluding carboxylic acids is 3. The molecule has 2 saturated heterocycles. The average molecular weight is 386 g/mol. The van der Waals surface area contributed by atoms with Gasteiger partial charge in [-0.3, -0.25) is 9.59 Å². The second-order valence-electron chi connectivity index (χ2n) is 8.12. The van der Waals surface area contributed by atoms with E-state index in [1.54, 1.807) is 21.7 Å². The minimum Gasteiger partial charge on any atom is -0.338 e. The Morgan fingerprint density at radius 3 is 2.61 bits per heavy atom. The maximum Gasteiger partial charge on any atom is 0.317 e. The number of nitrogens with zero attached hydrogens (tertiary/aromatic N) is 3. The molecule has 0 unspecified atom stereocenters. The fourth-order valence-corrected chi connectivity index (χ4v) is 3.92. The van der Waals surface area contributed by atoms with Crippen LogP contribution in [0.2, 0.25) is 0 Å². The zero-order valence-corrected chi connectivity index (χ0v) is 16.9. The van der Waals surface area contributed by atoms with Crippen LogP contribution in [0, 0.1) is 11.8 Å². The number of rotatable bonds is 4. The van der Waals surface area contributed by atoms with Crippen molar-refractivity contribution in [3.05, 3.63) is 35.9 Å². The summed E-state index contributed by atoms with van der Waals surface area (Å²) >= 11 is 0. The molecular formula is C21H30N4O3. The molecule has 0 spiro atoms. The summed E-state index contributed by atoms with van der Waals surface area (Å²) in [5.74, 6) is -0.00882. The zero-order chi connectivity index (χ0) is 20.3. The molecule has 2 aliphatic rings. The van der Waals surface area contributed by atoms with Crippen molar-refractivity contribution in [1.82, 2.24) is 20.0 Å². The summed E-state index contributed by atoms with van der Waals surface area (Å²) < 4.78 is 0. The number of likely N-dealkylation sites (N-methyl/N-ethyl adjacent to an activating group) is 1. The first kappa shape index (κ1) is 20.2.